The van der Waals surface area contributed by atoms with E-state index in [4.69, 9.17) is 9.47 Å². The fraction of sp³-hybridized carbons (Fsp3) is 0.500. The molecule has 1 aliphatic heterocycles. The first-order valence-corrected chi connectivity index (χ1v) is 17.6. The summed E-state index contributed by atoms with van der Waals surface area (Å²) in [6.45, 7) is 22.1. The third-order valence-corrected chi connectivity index (χ3v) is 9.68. The third-order valence-electron chi connectivity index (χ3n) is 9.68. The molecular formula is C44H60O5. The minimum atomic E-state index is -1.09. The maximum atomic E-state index is 11.4. The van der Waals surface area contributed by atoms with Crippen LogP contribution in [0.5, 0.6) is 0 Å². The van der Waals surface area contributed by atoms with Crippen LogP contribution in [0.25, 0.3) is 0 Å². The summed E-state index contributed by atoms with van der Waals surface area (Å²) in [7, 11) is 0. The van der Waals surface area contributed by atoms with Crippen molar-refractivity contribution < 1.29 is 24.5 Å². The van der Waals surface area contributed by atoms with Crippen LogP contribution in [0.15, 0.2) is 124 Å². The molecule has 0 radical (unpaired) electrons. The van der Waals surface area contributed by atoms with Gasteiger partial charge in [0.2, 0.25) is 0 Å². The lowest BCUT2D eigenvalue weighted by atomic mass is 9.65. The average molecular weight is 669 g/mol. The summed E-state index contributed by atoms with van der Waals surface area (Å²) in [6.07, 6.45) is 30.5. The molecule has 0 aromatic heterocycles. The Morgan fingerprint density at radius 1 is 0.776 bits per heavy atom. The smallest absolute Gasteiger partial charge is 0.302 e. The number of hydrogen-bond acceptors (Lipinski definition) is 5. The predicted octanol–water partition coefficient (Wildman–Crippen LogP) is 9.85. The number of aliphatic hydroxyl groups is 2. The van der Waals surface area contributed by atoms with Crippen LogP contribution in [-0.2, 0) is 14.3 Å². The molecule has 5 heteroatoms. The summed E-state index contributed by atoms with van der Waals surface area (Å²) in [5.74, 6) is -0.319. The Bertz CT molecular complexity index is 1550. The summed E-state index contributed by atoms with van der Waals surface area (Å²) in [6, 6.07) is 0. The first kappa shape index (κ1) is 40.0. The van der Waals surface area contributed by atoms with Gasteiger partial charge in [0, 0.05) is 25.3 Å². The van der Waals surface area contributed by atoms with Crippen LogP contribution in [-0.4, -0.2) is 45.7 Å². The predicted molar refractivity (Wildman–Crippen MR) is 203 cm³/mol. The molecule has 0 saturated heterocycles. The highest BCUT2D eigenvalue weighted by Crippen LogP contribution is 2.52. The molecule has 0 bridgehead atoms. The van der Waals surface area contributed by atoms with Gasteiger partial charge in [0.1, 0.15) is 6.10 Å². The molecule has 2 fully saturated rings. The highest BCUT2D eigenvalue weighted by atomic mass is 16.5. The number of aliphatic hydroxyl groups excluding tert-OH is 1. The number of fused-ring (bicyclic) bond motifs is 1. The third kappa shape index (κ3) is 11.5. The van der Waals surface area contributed by atoms with E-state index in [1.807, 2.05) is 43.4 Å². The standard InChI is InChI=1S/C44H60O5/c1-31(21-16-22-32(2)20-14-15-25-39-42(8,9)29-37(48-35(5)45)30-43(39,10)47)18-12-13-19-33(3)23-17-24-34(4)38-26-40-41(6,7)27-36(46)28-44(40,11)49-38/h12-24,26,36-38,46-47H,27-30H2,1-11H3. The Balaban J connectivity index is 1.52. The number of carbonyl (C=O) groups is 1. The molecule has 49 heavy (non-hydrogen) atoms. The quantitative estimate of drug-likeness (QED) is 0.105. The SMILES string of the molecule is CC(=O)OC1CC(C)(C)C(=C=CC=CC(C)=CC=CC(C)=CC=CC=C(C)C=CC=C(C)C2C=C3C(C)(C)CC(O)CC3(C)O2)C(C)(O)C1. The molecule has 0 amide bonds. The molecule has 5 atom stereocenters. The number of carbonyl (C=O) groups excluding carboxylic acids is 1. The van der Waals surface area contributed by atoms with Gasteiger partial charge in [-0.2, -0.15) is 0 Å². The Morgan fingerprint density at radius 3 is 1.90 bits per heavy atom. The zero-order valence-electron chi connectivity index (χ0n) is 31.8. The van der Waals surface area contributed by atoms with Gasteiger partial charge in [0.25, 0.3) is 0 Å². The topological polar surface area (TPSA) is 76.0 Å². The summed E-state index contributed by atoms with van der Waals surface area (Å²) in [4.78, 5) is 11.4. The van der Waals surface area contributed by atoms with Crippen molar-refractivity contribution >= 4 is 5.97 Å². The fourth-order valence-electron chi connectivity index (χ4n) is 7.65. The van der Waals surface area contributed by atoms with Gasteiger partial charge in [-0.3, -0.25) is 4.79 Å². The van der Waals surface area contributed by atoms with Crippen LogP contribution in [0, 0.1) is 10.8 Å². The van der Waals surface area contributed by atoms with Crippen molar-refractivity contribution in [2.45, 2.75) is 131 Å². The first-order valence-electron chi connectivity index (χ1n) is 17.6. The molecule has 1 heterocycles. The van der Waals surface area contributed by atoms with E-state index in [-0.39, 0.29) is 35.1 Å². The summed E-state index contributed by atoms with van der Waals surface area (Å²) in [5.41, 5.74) is 8.08. The molecule has 0 aromatic rings. The van der Waals surface area contributed by atoms with Crippen LogP contribution < -0.4 is 0 Å². The summed E-state index contributed by atoms with van der Waals surface area (Å²) < 4.78 is 11.9. The van der Waals surface area contributed by atoms with Gasteiger partial charge in [0.15, 0.2) is 0 Å². The van der Waals surface area contributed by atoms with E-state index in [2.05, 4.69) is 110 Å². The largest absolute Gasteiger partial charge is 0.462 e. The van der Waals surface area contributed by atoms with Crippen LogP contribution in [0.4, 0.5) is 0 Å². The second-order valence-corrected chi connectivity index (χ2v) is 15.9. The van der Waals surface area contributed by atoms with Gasteiger partial charge in [0.05, 0.1) is 23.4 Å². The summed E-state index contributed by atoms with van der Waals surface area (Å²) in [5, 5.41) is 21.5. The zero-order valence-corrected chi connectivity index (χ0v) is 31.8. The molecule has 2 N–H and O–H groups in total. The minimum absolute atomic E-state index is 0.0610. The van der Waals surface area contributed by atoms with E-state index in [0.29, 0.717) is 19.3 Å². The highest BCUT2D eigenvalue weighted by molar-refractivity contribution is 5.66. The van der Waals surface area contributed by atoms with Gasteiger partial charge in [-0.05, 0) is 88.5 Å². The van der Waals surface area contributed by atoms with Crippen LogP contribution in [0.3, 0.4) is 0 Å². The molecule has 266 valence electrons. The lowest BCUT2D eigenvalue weighted by Gasteiger charge is -2.44. The second kappa shape index (κ2) is 16.5. The highest BCUT2D eigenvalue weighted by Gasteiger charge is 2.50. The zero-order chi connectivity index (χ0) is 36.6. The number of esters is 1. The van der Waals surface area contributed by atoms with E-state index < -0.39 is 11.2 Å². The average Bonchev–Trinajstić information content (AvgIpc) is 3.31. The molecule has 0 spiro atoms. The van der Waals surface area contributed by atoms with E-state index in [0.717, 1.165) is 34.3 Å². The maximum Gasteiger partial charge on any atom is 0.302 e. The van der Waals surface area contributed by atoms with Gasteiger partial charge < -0.3 is 19.7 Å². The van der Waals surface area contributed by atoms with Crippen LogP contribution in [0.1, 0.15) is 102 Å². The fourth-order valence-corrected chi connectivity index (χ4v) is 7.65. The van der Waals surface area contributed by atoms with Gasteiger partial charge in [-0.15, -0.1) is 5.73 Å². The van der Waals surface area contributed by atoms with Gasteiger partial charge >= 0.3 is 5.97 Å². The Hall–Kier alpha value is -3.47. The Labute approximate surface area is 296 Å². The maximum absolute atomic E-state index is 11.4. The summed E-state index contributed by atoms with van der Waals surface area (Å²) >= 11 is 0. The lowest BCUT2D eigenvalue weighted by Crippen LogP contribution is -2.46. The Morgan fingerprint density at radius 2 is 1.33 bits per heavy atom. The lowest BCUT2D eigenvalue weighted by molar-refractivity contribution is -0.152. The number of allylic oxidation sites excluding steroid dienone is 15. The number of ether oxygens (including phenoxy) is 2. The van der Waals surface area contributed by atoms with E-state index in [9.17, 15) is 15.0 Å². The molecule has 3 rings (SSSR count). The van der Waals surface area contributed by atoms with Crippen molar-refractivity contribution in [1.82, 2.24) is 0 Å². The first-order chi connectivity index (χ1) is 22.7. The van der Waals surface area contributed by atoms with E-state index >= 15 is 0 Å². The van der Waals surface area contributed by atoms with Crippen molar-refractivity contribution in [3.05, 3.63) is 124 Å². The molecular weight excluding hydrogens is 608 g/mol. The normalized spacial score (nSPS) is 31.1. The van der Waals surface area contributed by atoms with Crippen molar-refractivity contribution in [3.8, 4) is 0 Å². The van der Waals surface area contributed by atoms with Crippen molar-refractivity contribution in [2.75, 3.05) is 0 Å². The van der Waals surface area contributed by atoms with Crippen molar-refractivity contribution in [3.63, 3.8) is 0 Å². The molecule has 2 aliphatic carbocycles. The van der Waals surface area contributed by atoms with Crippen LogP contribution >= 0.6 is 0 Å². The van der Waals surface area contributed by atoms with Crippen molar-refractivity contribution in [1.29, 1.82) is 0 Å². The second-order valence-electron chi connectivity index (χ2n) is 15.9. The van der Waals surface area contributed by atoms with Crippen LogP contribution in [0.2, 0.25) is 0 Å². The molecule has 5 unspecified atom stereocenters. The minimum Gasteiger partial charge on any atom is -0.462 e. The molecule has 0 aromatic carbocycles. The van der Waals surface area contributed by atoms with E-state index in [1.165, 1.54) is 12.5 Å². The van der Waals surface area contributed by atoms with Gasteiger partial charge in [-0.1, -0.05) is 117 Å². The monoisotopic (exact) mass is 668 g/mol. The number of hydrogen-bond donors (Lipinski definition) is 2. The Kier molecular flexibility index (Phi) is 13.5. The molecule has 2 saturated carbocycles. The molecule has 5 nitrogen and oxygen atoms in total. The van der Waals surface area contributed by atoms with Gasteiger partial charge in [-0.25, -0.2) is 0 Å². The number of rotatable bonds is 10. The van der Waals surface area contributed by atoms with Crippen molar-refractivity contribution in [2.24, 2.45) is 10.8 Å². The molecule has 3 aliphatic rings. The van der Waals surface area contributed by atoms with E-state index in [1.54, 1.807) is 6.92 Å².